The number of aromatic hydroxyl groups is 1. The molecule has 138 valence electrons. The van der Waals surface area contributed by atoms with Crippen LogP contribution in [-0.2, 0) is 4.79 Å². The molecule has 0 unspecified atom stereocenters. The number of rotatable bonds is 7. The average molecular weight is 360 g/mol. The number of hydrogen-bond acceptors (Lipinski definition) is 6. The van der Waals surface area contributed by atoms with Gasteiger partial charge in [0.05, 0.1) is 19.9 Å². The molecule has 0 aliphatic carbocycles. The Morgan fingerprint density at radius 3 is 2.23 bits per heavy atom. The Labute approximate surface area is 150 Å². The third-order valence-corrected chi connectivity index (χ3v) is 3.48. The number of phenolic OH excluding ortho intramolecular Hbond substituents is 1. The Kier molecular flexibility index (Phi) is 5.90. The minimum absolute atomic E-state index is 0.0429. The van der Waals surface area contributed by atoms with E-state index in [9.17, 15) is 14.7 Å². The lowest BCUT2D eigenvalue weighted by atomic mass is 10.1. The van der Waals surface area contributed by atoms with Crippen LogP contribution in [0.2, 0.25) is 0 Å². The number of nitrogens with two attached hydrogens (primary N) is 1. The van der Waals surface area contributed by atoms with Crippen LogP contribution in [0.25, 0.3) is 0 Å². The Morgan fingerprint density at radius 1 is 1.12 bits per heavy atom. The van der Waals surface area contributed by atoms with Crippen molar-refractivity contribution in [1.82, 2.24) is 0 Å². The molecule has 0 aliphatic heterocycles. The largest absolute Gasteiger partial charge is 0.506 e. The second kappa shape index (κ2) is 8.11. The van der Waals surface area contributed by atoms with E-state index < -0.39 is 11.8 Å². The normalized spacial score (nSPS) is 10.1. The molecular weight excluding hydrogens is 340 g/mol. The maximum Gasteiger partial charge on any atom is 0.256 e. The van der Waals surface area contributed by atoms with Crippen molar-refractivity contribution in [2.45, 2.75) is 6.92 Å². The highest BCUT2D eigenvalue weighted by Crippen LogP contribution is 2.39. The molecule has 2 aromatic carbocycles. The average Bonchev–Trinajstić information content (AvgIpc) is 2.61. The van der Waals surface area contributed by atoms with E-state index >= 15 is 0 Å². The molecule has 8 nitrogen and oxygen atoms in total. The molecule has 4 N–H and O–H groups in total. The molecule has 2 rings (SSSR count). The summed E-state index contributed by atoms with van der Waals surface area (Å²) in [6.45, 7) is 1.46. The monoisotopic (exact) mass is 360 g/mol. The number of hydrogen-bond donors (Lipinski definition) is 3. The molecule has 2 aromatic rings. The lowest BCUT2D eigenvalue weighted by molar-refractivity contribution is -0.120. The van der Waals surface area contributed by atoms with Gasteiger partial charge < -0.3 is 30.4 Å². The van der Waals surface area contributed by atoms with Crippen LogP contribution < -0.4 is 25.3 Å². The maximum absolute atomic E-state index is 12.5. The second-order valence-corrected chi connectivity index (χ2v) is 5.44. The highest BCUT2D eigenvalue weighted by Gasteiger charge is 2.19. The summed E-state index contributed by atoms with van der Waals surface area (Å²) in [5.74, 6) is -0.636. The van der Waals surface area contributed by atoms with Gasteiger partial charge in [-0.25, -0.2) is 0 Å². The zero-order valence-electron chi connectivity index (χ0n) is 14.7. The molecule has 8 heteroatoms. The number of phenols is 1. The maximum atomic E-state index is 12.5. The molecule has 0 atom stereocenters. The smallest absolute Gasteiger partial charge is 0.256 e. The van der Waals surface area contributed by atoms with Crippen LogP contribution in [0.3, 0.4) is 0 Å². The fraction of sp³-hybridized carbons (Fsp3) is 0.222. The quantitative estimate of drug-likeness (QED) is 0.648. The molecule has 26 heavy (non-hydrogen) atoms. The lowest BCUT2D eigenvalue weighted by Gasteiger charge is -2.15. The van der Waals surface area contributed by atoms with Crippen molar-refractivity contribution in [2.75, 3.05) is 26.1 Å². The van der Waals surface area contributed by atoms with Crippen LogP contribution in [0.5, 0.6) is 23.0 Å². The van der Waals surface area contributed by atoms with E-state index in [0.29, 0.717) is 0 Å². The van der Waals surface area contributed by atoms with Gasteiger partial charge in [0.25, 0.3) is 11.8 Å². The molecule has 0 saturated carbocycles. The predicted octanol–water partition coefficient (Wildman–Crippen LogP) is 1.83. The minimum Gasteiger partial charge on any atom is -0.506 e. The molecular formula is C18H20N2O6. The van der Waals surface area contributed by atoms with Crippen LogP contribution in [0.1, 0.15) is 15.9 Å². The van der Waals surface area contributed by atoms with Gasteiger partial charge in [-0.15, -0.1) is 0 Å². The Balaban J connectivity index is 2.33. The van der Waals surface area contributed by atoms with Gasteiger partial charge in [0.15, 0.2) is 18.1 Å². The zero-order chi connectivity index (χ0) is 19.3. The van der Waals surface area contributed by atoms with E-state index in [-0.39, 0.29) is 40.9 Å². The number of primary amides is 1. The first-order valence-corrected chi connectivity index (χ1v) is 7.63. The van der Waals surface area contributed by atoms with Crippen LogP contribution >= 0.6 is 0 Å². The number of aryl methyl sites for hydroxylation is 1. The summed E-state index contributed by atoms with van der Waals surface area (Å²) in [7, 11) is 2.78. The summed E-state index contributed by atoms with van der Waals surface area (Å²) in [5.41, 5.74) is 6.42. The highest BCUT2D eigenvalue weighted by atomic mass is 16.5. The third-order valence-electron chi connectivity index (χ3n) is 3.48. The topological polar surface area (TPSA) is 120 Å². The Bertz CT molecular complexity index is 809. The lowest BCUT2D eigenvalue weighted by Crippen LogP contribution is -2.20. The predicted molar refractivity (Wildman–Crippen MR) is 95.0 cm³/mol. The van der Waals surface area contributed by atoms with Crippen molar-refractivity contribution < 1.29 is 28.9 Å². The van der Waals surface area contributed by atoms with Gasteiger partial charge in [0.2, 0.25) is 5.75 Å². The molecule has 0 radical (unpaired) electrons. The van der Waals surface area contributed by atoms with Gasteiger partial charge in [-0.1, -0.05) is 6.07 Å². The van der Waals surface area contributed by atoms with E-state index in [2.05, 4.69) is 5.32 Å². The summed E-state index contributed by atoms with van der Waals surface area (Å²) in [6, 6.07) is 7.76. The summed E-state index contributed by atoms with van der Waals surface area (Å²) in [4.78, 5) is 23.5. The highest BCUT2D eigenvalue weighted by molar-refractivity contribution is 6.05. The number of carbonyl (C=O) groups excluding carboxylic acids is 2. The number of ether oxygens (including phenoxy) is 3. The van der Waals surface area contributed by atoms with Gasteiger partial charge in [0, 0.05) is 5.56 Å². The van der Waals surface area contributed by atoms with Crippen LogP contribution in [-0.4, -0.2) is 37.7 Å². The zero-order valence-corrected chi connectivity index (χ0v) is 14.7. The molecule has 0 aliphatic rings. The molecule has 0 fully saturated rings. The number of amides is 2. The number of benzene rings is 2. The first kappa shape index (κ1) is 18.9. The van der Waals surface area contributed by atoms with E-state index in [1.165, 1.54) is 32.4 Å². The molecule has 0 heterocycles. The summed E-state index contributed by atoms with van der Waals surface area (Å²) < 4.78 is 15.7. The number of nitrogens with one attached hydrogen (secondary N) is 1. The molecule has 2 amide bonds. The first-order valence-electron chi connectivity index (χ1n) is 7.63. The first-order chi connectivity index (χ1) is 12.3. The van der Waals surface area contributed by atoms with Crippen LogP contribution in [0.15, 0.2) is 30.3 Å². The van der Waals surface area contributed by atoms with Crippen LogP contribution in [0, 0.1) is 6.92 Å². The van der Waals surface area contributed by atoms with Crippen molar-refractivity contribution in [3.05, 3.63) is 41.5 Å². The summed E-state index contributed by atoms with van der Waals surface area (Å²) in [5, 5.41) is 12.5. The van der Waals surface area contributed by atoms with Crippen molar-refractivity contribution in [1.29, 1.82) is 0 Å². The summed E-state index contributed by atoms with van der Waals surface area (Å²) >= 11 is 0. The Morgan fingerprint density at radius 2 is 1.73 bits per heavy atom. The third kappa shape index (κ3) is 4.35. The number of anilines is 1. The van der Waals surface area contributed by atoms with Gasteiger partial charge in [0.1, 0.15) is 5.75 Å². The van der Waals surface area contributed by atoms with E-state index in [1.54, 1.807) is 12.1 Å². The van der Waals surface area contributed by atoms with E-state index in [4.69, 9.17) is 19.9 Å². The van der Waals surface area contributed by atoms with Gasteiger partial charge in [-0.3, -0.25) is 9.59 Å². The SMILES string of the molecule is COc1cc(C(=O)Nc2ccc(C)cc2O)cc(OC)c1OCC(N)=O. The number of carbonyl (C=O) groups is 2. The van der Waals surface area contributed by atoms with Crippen LogP contribution in [0.4, 0.5) is 5.69 Å². The van der Waals surface area contributed by atoms with Gasteiger partial charge in [-0.2, -0.15) is 0 Å². The summed E-state index contributed by atoms with van der Waals surface area (Å²) in [6.07, 6.45) is 0. The Hall–Kier alpha value is -3.42. The molecule has 0 aromatic heterocycles. The van der Waals surface area contributed by atoms with Gasteiger partial charge >= 0.3 is 0 Å². The molecule has 0 saturated heterocycles. The standard InChI is InChI=1S/C18H20N2O6/c1-10-4-5-12(13(21)6-10)20-18(23)11-7-14(24-2)17(15(8-11)25-3)26-9-16(19)22/h4-8,21H,9H2,1-3H3,(H2,19,22)(H,20,23). The van der Waals surface area contributed by atoms with Crippen molar-refractivity contribution >= 4 is 17.5 Å². The van der Waals surface area contributed by atoms with E-state index in [1.807, 2.05) is 6.92 Å². The van der Waals surface area contributed by atoms with Crippen molar-refractivity contribution in [2.24, 2.45) is 5.73 Å². The fourth-order valence-electron chi connectivity index (χ4n) is 2.24. The minimum atomic E-state index is -0.661. The van der Waals surface area contributed by atoms with E-state index in [0.717, 1.165) is 5.56 Å². The van der Waals surface area contributed by atoms with Crippen molar-refractivity contribution in [3.8, 4) is 23.0 Å². The van der Waals surface area contributed by atoms with Gasteiger partial charge in [-0.05, 0) is 36.8 Å². The fourth-order valence-corrected chi connectivity index (χ4v) is 2.24. The molecule has 0 spiro atoms. The second-order valence-electron chi connectivity index (χ2n) is 5.44. The van der Waals surface area contributed by atoms with Crippen molar-refractivity contribution in [3.63, 3.8) is 0 Å². The molecule has 0 bridgehead atoms. The number of methoxy groups -OCH3 is 2.